The summed E-state index contributed by atoms with van der Waals surface area (Å²) in [5.41, 5.74) is 3.17. The van der Waals surface area contributed by atoms with E-state index in [1.807, 2.05) is 0 Å². The van der Waals surface area contributed by atoms with E-state index in [2.05, 4.69) is 15.7 Å². The van der Waals surface area contributed by atoms with Crippen molar-refractivity contribution in [3.8, 4) is 0 Å². The summed E-state index contributed by atoms with van der Waals surface area (Å²) in [5, 5.41) is 14.5. The van der Waals surface area contributed by atoms with Crippen LogP contribution in [0.2, 0.25) is 0 Å². The smallest absolute Gasteiger partial charge is 0.120 e. The zero-order chi connectivity index (χ0) is 5.11. The molecule has 1 aliphatic heterocycles. The molecule has 0 fully saturated rings. The maximum Gasteiger partial charge on any atom is 0.120 e. The molecule has 0 bridgehead atoms. The summed E-state index contributed by atoms with van der Waals surface area (Å²) in [6.45, 7) is 0.538. The molecule has 0 atom stereocenters. The molecule has 0 aromatic carbocycles. The van der Waals surface area contributed by atoms with Gasteiger partial charge in [0.15, 0.2) is 0 Å². The molecule has 0 aromatic heterocycles. The quantitative estimate of drug-likeness (QED) is 0.315. The first-order valence-corrected chi connectivity index (χ1v) is 1.90. The SMILES string of the molecule is ON=C1C=NNC1. The van der Waals surface area contributed by atoms with Gasteiger partial charge in [0, 0.05) is 0 Å². The molecule has 0 radical (unpaired) electrons. The van der Waals surface area contributed by atoms with Crippen LogP contribution in [0.5, 0.6) is 0 Å². The Balaban J connectivity index is 2.59. The highest BCUT2D eigenvalue weighted by atomic mass is 16.4. The Morgan fingerprint density at radius 1 is 2.00 bits per heavy atom. The molecule has 1 heterocycles. The number of oxime groups is 1. The van der Waals surface area contributed by atoms with Gasteiger partial charge in [0.2, 0.25) is 0 Å². The Kier molecular flexibility index (Phi) is 0.934. The Morgan fingerprint density at radius 2 is 2.86 bits per heavy atom. The van der Waals surface area contributed by atoms with Crippen molar-refractivity contribution in [1.29, 1.82) is 0 Å². The molecule has 0 saturated heterocycles. The van der Waals surface area contributed by atoms with E-state index in [-0.39, 0.29) is 0 Å². The third-order valence-electron chi connectivity index (χ3n) is 0.693. The van der Waals surface area contributed by atoms with Crippen molar-refractivity contribution in [3.05, 3.63) is 0 Å². The van der Waals surface area contributed by atoms with Gasteiger partial charge >= 0.3 is 0 Å². The molecule has 0 saturated carbocycles. The van der Waals surface area contributed by atoms with Gasteiger partial charge in [-0.3, -0.25) is 0 Å². The van der Waals surface area contributed by atoms with E-state index < -0.39 is 0 Å². The normalized spacial score (nSPS) is 23.1. The average Bonchev–Trinajstić information content (AvgIpc) is 2.14. The third-order valence-corrected chi connectivity index (χ3v) is 0.693. The fourth-order valence-electron chi connectivity index (χ4n) is 0.354. The molecular weight excluding hydrogens is 94.1 g/mol. The van der Waals surface area contributed by atoms with E-state index in [9.17, 15) is 0 Å². The lowest BCUT2D eigenvalue weighted by atomic mass is 10.4. The Bertz CT molecular complexity index is 115. The van der Waals surface area contributed by atoms with Crippen LogP contribution in [-0.4, -0.2) is 23.7 Å². The van der Waals surface area contributed by atoms with Crippen LogP contribution in [0.3, 0.4) is 0 Å². The summed E-state index contributed by atoms with van der Waals surface area (Å²) in [7, 11) is 0. The van der Waals surface area contributed by atoms with E-state index in [0.717, 1.165) is 0 Å². The first-order chi connectivity index (χ1) is 3.43. The second-order valence-electron chi connectivity index (χ2n) is 1.18. The first kappa shape index (κ1) is 4.11. The largest absolute Gasteiger partial charge is 0.411 e. The lowest BCUT2D eigenvalue weighted by Gasteiger charge is -1.81. The highest BCUT2D eigenvalue weighted by Crippen LogP contribution is 1.76. The number of nitrogens with zero attached hydrogens (tertiary/aromatic N) is 2. The third kappa shape index (κ3) is 0.677. The number of hydrazone groups is 1. The number of hydrogen-bond donors (Lipinski definition) is 2. The van der Waals surface area contributed by atoms with Crippen LogP contribution in [0.25, 0.3) is 0 Å². The van der Waals surface area contributed by atoms with Crippen LogP contribution in [0, 0.1) is 0 Å². The predicted molar refractivity (Wildman–Crippen MR) is 25.7 cm³/mol. The summed E-state index contributed by atoms with van der Waals surface area (Å²) in [6.07, 6.45) is 1.47. The van der Waals surface area contributed by atoms with Crippen molar-refractivity contribution in [2.75, 3.05) is 6.54 Å². The molecule has 2 N–H and O–H groups in total. The number of nitrogens with one attached hydrogen (secondary N) is 1. The van der Waals surface area contributed by atoms with E-state index in [1.54, 1.807) is 0 Å². The van der Waals surface area contributed by atoms with Crippen molar-refractivity contribution >= 4 is 11.9 Å². The minimum absolute atomic E-state index is 0.538. The molecule has 4 nitrogen and oxygen atoms in total. The van der Waals surface area contributed by atoms with Gasteiger partial charge in [-0.15, -0.1) is 0 Å². The zero-order valence-corrected chi connectivity index (χ0v) is 3.63. The van der Waals surface area contributed by atoms with Gasteiger partial charge in [-0.1, -0.05) is 5.16 Å². The van der Waals surface area contributed by atoms with Gasteiger partial charge in [0.25, 0.3) is 0 Å². The second kappa shape index (κ2) is 1.59. The molecule has 7 heavy (non-hydrogen) atoms. The Hall–Kier alpha value is -1.06. The minimum Gasteiger partial charge on any atom is -0.411 e. The van der Waals surface area contributed by atoms with Crippen LogP contribution < -0.4 is 5.43 Å². The Morgan fingerprint density at radius 3 is 3.14 bits per heavy atom. The van der Waals surface area contributed by atoms with Crippen LogP contribution in [0.1, 0.15) is 0 Å². The van der Waals surface area contributed by atoms with Crippen LogP contribution in [-0.2, 0) is 0 Å². The molecule has 0 amide bonds. The lowest BCUT2D eigenvalue weighted by molar-refractivity contribution is 0.319. The Labute approximate surface area is 40.5 Å². The molecule has 1 aliphatic rings. The van der Waals surface area contributed by atoms with Crippen molar-refractivity contribution in [3.63, 3.8) is 0 Å². The number of hydrogen-bond acceptors (Lipinski definition) is 4. The minimum atomic E-state index is 0.538. The monoisotopic (exact) mass is 99.0 g/mol. The fraction of sp³-hybridized carbons (Fsp3) is 0.333. The summed E-state index contributed by atoms with van der Waals surface area (Å²) >= 11 is 0. The summed E-state index contributed by atoms with van der Waals surface area (Å²) in [4.78, 5) is 0. The van der Waals surface area contributed by atoms with E-state index in [0.29, 0.717) is 12.3 Å². The maximum absolute atomic E-state index is 8.02. The van der Waals surface area contributed by atoms with Crippen LogP contribution >= 0.6 is 0 Å². The van der Waals surface area contributed by atoms with Gasteiger partial charge in [0.05, 0.1) is 12.8 Å². The number of rotatable bonds is 0. The van der Waals surface area contributed by atoms with E-state index >= 15 is 0 Å². The average molecular weight is 99.1 g/mol. The van der Waals surface area contributed by atoms with Gasteiger partial charge in [-0.2, -0.15) is 5.10 Å². The van der Waals surface area contributed by atoms with Crippen molar-refractivity contribution in [2.45, 2.75) is 0 Å². The van der Waals surface area contributed by atoms with Crippen LogP contribution in [0.4, 0.5) is 0 Å². The molecule has 4 heteroatoms. The second-order valence-corrected chi connectivity index (χ2v) is 1.18. The topological polar surface area (TPSA) is 57.0 Å². The van der Waals surface area contributed by atoms with Gasteiger partial charge in [0.1, 0.15) is 5.71 Å². The van der Waals surface area contributed by atoms with E-state index in [1.165, 1.54) is 6.21 Å². The lowest BCUT2D eigenvalue weighted by Crippen LogP contribution is -2.08. The molecule has 0 unspecified atom stereocenters. The highest BCUT2D eigenvalue weighted by Gasteiger charge is 1.98. The van der Waals surface area contributed by atoms with Crippen molar-refractivity contribution in [2.24, 2.45) is 10.3 Å². The highest BCUT2D eigenvalue weighted by molar-refractivity contribution is 6.32. The zero-order valence-electron chi connectivity index (χ0n) is 3.63. The predicted octanol–water partition coefficient (Wildman–Crippen LogP) is -0.594. The summed E-state index contributed by atoms with van der Waals surface area (Å²) in [6, 6.07) is 0. The molecule has 0 aliphatic carbocycles. The van der Waals surface area contributed by atoms with Gasteiger partial charge in [-0.25, -0.2) is 0 Å². The summed E-state index contributed by atoms with van der Waals surface area (Å²) in [5.74, 6) is 0. The van der Waals surface area contributed by atoms with Gasteiger partial charge in [-0.05, 0) is 0 Å². The fourth-order valence-corrected chi connectivity index (χ4v) is 0.354. The molecule has 38 valence electrons. The van der Waals surface area contributed by atoms with Gasteiger partial charge < -0.3 is 10.6 Å². The molecule has 0 spiro atoms. The standard InChI is InChI=1S/C3H5N3O/c7-6-3-1-4-5-2-3/h1,5,7H,2H2. The van der Waals surface area contributed by atoms with Crippen molar-refractivity contribution < 1.29 is 5.21 Å². The van der Waals surface area contributed by atoms with Crippen molar-refractivity contribution in [1.82, 2.24) is 5.43 Å². The first-order valence-electron chi connectivity index (χ1n) is 1.90. The summed E-state index contributed by atoms with van der Waals surface area (Å²) < 4.78 is 0. The van der Waals surface area contributed by atoms with Crippen LogP contribution in [0.15, 0.2) is 10.3 Å². The maximum atomic E-state index is 8.02. The molecule has 1 rings (SSSR count). The molecular formula is C3H5N3O. The molecule has 0 aromatic rings. The van der Waals surface area contributed by atoms with E-state index in [4.69, 9.17) is 5.21 Å².